The van der Waals surface area contributed by atoms with Gasteiger partial charge in [0.15, 0.2) is 5.96 Å². The molecule has 1 heterocycles. The van der Waals surface area contributed by atoms with Gasteiger partial charge in [-0.05, 0) is 24.3 Å². The summed E-state index contributed by atoms with van der Waals surface area (Å²) in [6.45, 7) is 0. The van der Waals surface area contributed by atoms with Crippen LogP contribution in [0.4, 0.5) is 5.69 Å². The van der Waals surface area contributed by atoms with Crippen LogP contribution in [-0.2, 0) is 0 Å². The van der Waals surface area contributed by atoms with Crippen LogP contribution in [0.2, 0.25) is 0 Å². The molecule has 86 valence electrons. The summed E-state index contributed by atoms with van der Waals surface area (Å²) in [5.41, 5.74) is 6.91. The smallest absolute Gasteiger partial charge is 0.196 e. The summed E-state index contributed by atoms with van der Waals surface area (Å²) >= 11 is 1.98. The molecule has 1 fully saturated rings. The summed E-state index contributed by atoms with van der Waals surface area (Å²) in [7, 11) is 2.03. The number of nitrogens with two attached hydrogens (primary N) is 1. The second-order valence-electron chi connectivity index (χ2n) is 3.93. The molecular formula is C12H17N3S. The maximum atomic E-state index is 6.00. The third-order valence-corrected chi connectivity index (χ3v) is 3.96. The van der Waals surface area contributed by atoms with Crippen LogP contribution in [0.1, 0.15) is 6.42 Å². The van der Waals surface area contributed by atoms with Crippen molar-refractivity contribution in [3.63, 3.8) is 0 Å². The average Bonchev–Trinajstić information content (AvgIpc) is 2.83. The summed E-state index contributed by atoms with van der Waals surface area (Å²) in [6.07, 6.45) is 1.20. The predicted octanol–water partition coefficient (Wildman–Crippen LogP) is 2.07. The Bertz CT molecular complexity index is 358. The molecular weight excluding hydrogens is 218 g/mol. The Kier molecular flexibility index (Phi) is 3.72. The maximum Gasteiger partial charge on any atom is 0.196 e. The molecule has 1 aromatic carbocycles. The quantitative estimate of drug-likeness (QED) is 0.630. The van der Waals surface area contributed by atoms with Crippen molar-refractivity contribution in [1.29, 1.82) is 0 Å². The molecule has 16 heavy (non-hydrogen) atoms. The predicted molar refractivity (Wildman–Crippen MR) is 71.2 cm³/mol. The molecule has 1 unspecified atom stereocenters. The number of hydrogen-bond acceptors (Lipinski definition) is 2. The van der Waals surface area contributed by atoms with Crippen LogP contribution in [0.3, 0.4) is 0 Å². The monoisotopic (exact) mass is 235 g/mol. The SMILES string of the molecule is CN(C(N)=Nc1ccccc1)C1CCSC1. The van der Waals surface area contributed by atoms with Gasteiger partial charge in [0.05, 0.1) is 5.69 Å². The van der Waals surface area contributed by atoms with Gasteiger partial charge in [-0.25, -0.2) is 4.99 Å². The van der Waals surface area contributed by atoms with Crippen LogP contribution >= 0.6 is 11.8 Å². The van der Waals surface area contributed by atoms with E-state index in [-0.39, 0.29) is 0 Å². The molecule has 0 radical (unpaired) electrons. The average molecular weight is 235 g/mol. The van der Waals surface area contributed by atoms with E-state index in [0.717, 1.165) is 11.4 Å². The lowest BCUT2D eigenvalue weighted by Gasteiger charge is -2.24. The summed E-state index contributed by atoms with van der Waals surface area (Å²) in [6, 6.07) is 10.4. The van der Waals surface area contributed by atoms with Crippen molar-refractivity contribution < 1.29 is 0 Å². The number of aliphatic imine (C=N–C) groups is 1. The van der Waals surface area contributed by atoms with E-state index in [1.54, 1.807) is 0 Å². The molecule has 2 N–H and O–H groups in total. The van der Waals surface area contributed by atoms with Gasteiger partial charge < -0.3 is 10.6 Å². The van der Waals surface area contributed by atoms with Crippen LogP contribution in [0, 0.1) is 0 Å². The molecule has 4 heteroatoms. The Balaban J connectivity index is 2.06. The summed E-state index contributed by atoms with van der Waals surface area (Å²) in [5, 5.41) is 0. The van der Waals surface area contributed by atoms with E-state index in [1.807, 2.05) is 49.1 Å². The molecule has 1 atom stereocenters. The van der Waals surface area contributed by atoms with Gasteiger partial charge in [0, 0.05) is 18.8 Å². The molecule has 1 aliphatic heterocycles. The van der Waals surface area contributed by atoms with E-state index < -0.39 is 0 Å². The van der Waals surface area contributed by atoms with Gasteiger partial charge in [0.25, 0.3) is 0 Å². The number of nitrogens with zero attached hydrogens (tertiary/aromatic N) is 2. The van der Waals surface area contributed by atoms with Crippen molar-refractivity contribution in [2.45, 2.75) is 12.5 Å². The van der Waals surface area contributed by atoms with Crippen LogP contribution < -0.4 is 5.73 Å². The molecule has 0 spiro atoms. The van der Waals surface area contributed by atoms with Crippen LogP contribution in [0.15, 0.2) is 35.3 Å². The van der Waals surface area contributed by atoms with Crippen molar-refractivity contribution in [3.8, 4) is 0 Å². The zero-order valence-corrected chi connectivity index (χ0v) is 10.3. The molecule has 0 aliphatic carbocycles. The third kappa shape index (κ3) is 2.70. The maximum absolute atomic E-state index is 6.00. The van der Waals surface area contributed by atoms with Crippen molar-refractivity contribution >= 4 is 23.4 Å². The minimum Gasteiger partial charge on any atom is -0.369 e. The number of rotatable bonds is 2. The van der Waals surface area contributed by atoms with E-state index in [9.17, 15) is 0 Å². The van der Waals surface area contributed by atoms with E-state index >= 15 is 0 Å². The van der Waals surface area contributed by atoms with Crippen molar-refractivity contribution in [3.05, 3.63) is 30.3 Å². The molecule has 1 aliphatic rings. The summed E-state index contributed by atoms with van der Waals surface area (Å²) < 4.78 is 0. The third-order valence-electron chi connectivity index (χ3n) is 2.81. The lowest BCUT2D eigenvalue weighted by molar-refractivity contribution is 0.393. The Morgan fingerprint density at radius 1 is 1.44 bits per heavy atom. The van der Waals surface area contributed by atoms with Gasteiger partial charge in [-0.1, -0.05) is 18.2 Å². The molecule has 0 saturated carbocycles. The molecule has 0 bridgehead atoms. The van der Waals surface area contributed by atoms with E-state index in [4.69, 9.17) is 5.73 Å². The normalized spacial score (nSPS) is 21.1. The molecule has 3 nitrogen and oxygen atoms in total. The highest BCUT2D eigenvalue weighted by molar-refractivity contribution is 7.99. The number of para-hydroxylation sites is 1. The first-order valence-corrected chi connectivity index (χ1v) is 6.62. The van der Waals surface area contributed by atoms with Gasteiger partial charge >= 0.3 is 0 Å². The number of benzene rings is 1. The first-order valence-electron chi connectivity index (χ1n) is 5.47. The molecule has 2 rings (SSSR count). The Morgan fingerprint density at radius 3 is 2.81 bits per heavy atom. The molecule has 1 aromatic rings. The summed E-state index contributed by atoms with van der Waals surface area (Å²) in [4.78, 5) is 6.50. The molecule has 0 aromatic heterocycles. The van der Waals surface area contributed by atoms with Gasteiger partial charge in [0.1, 0.15) is 0 Å². The van der Waals surface area contributed by atoms with Crippen LogP contribution in [-0.4, -0.2) is 35.5 Å². The van der Waals surface area contributed by atoms with E-state index in [0.29, 0.717) is 12.0 Å². The standard InChI is InChI=1S/C12H17N3S/c1-15(11-7-8-16-9-11)12(13)14-10-5-3-2-4-6-10/h2-6,11H,7-9H2,1H3,(H2,13,14). The minimum absolute atomic E-state index is 0.539. The summed E-state index contributed by atoms with van der Waals surface area (Å²) in [5.74, 6) is 2.99. The number of thioether (sulfide) groups is 1. The van der Waals surface area contributed by atoms with Gasteiger partial charge in [-0.2, -0.15) is 11.8 Å². The molecule has 0 amide bonds. The van der Waals surface area contributed by atoms with Crippen LogP contribution in [0.5, 0.6) is 0 Å². The van der Waals surface area contributed by atoms with Gasteiger partial charge in [0.2, 0.25) is 0 Å². The number of guanidine groups is 1. The Hall–Kier alpha value is -1.16. The zero-order valence-electron chi connectivity index (χ0n) is 9.47. The van der Waals surface area contributed by atoms with Crippen molar-refractivity contribution in [1.82, 2.24) is 4.90 Å². The van der Waals surface area contributed by atoms with Crippen molar-refractivity contribution in [2.75, 3.05) is 18.6 Å². The van der Waals surface area contributed by atoms with E-state index in [2.05, 4.69) is 9.89 Å². The zero-order chi connectivity index (χ0) is 11.4. The van der Waals surface area contributed by atoms with E-state index in [1.165, 1.54) is 12.2 Å². The fourth-order valence-electron chi connectivity index (χ4n) is 1.73. The Labute approximate surface area is 101 Å². The lowest BCUT2D eigenvalue weighted by Crippen LogP contribution is -2.41. The fourth-order valence-corrected chi connectivity index (χ4v) is 3.00. The first-order chi connectivity index (χ1) is 7.77. The highest BCUT2D eigenvalue weighted by Crippen LogP contribution is 2.21. The minimum atomic E-state index is 0.539. The lowest BCUT2D eigenvalue weighted by atomic mass is 10.2. The largest absolute Gasteiger partial charge is 0.369 e. The first kappa shape index (κ1) is 11.3. The highest BCUT2D eigenvalue weighted by Gasteiger charge is 2.21. The second kappa shape index (κ2) is 5.25. The molecule has 1 saturated heterocycles. The second-order valence-corrected chi connectivity index (χ2v) is 5.08. The van der Waals surface area contributed by atoms with Crippen molar-refractivity contribution in [2.24, 2.45) is 10.7 Å². The topological polar surface area (TPSA) is 41.6 Å². The highest BCUT2D eigenvalue weighted by atomic mass is 32.2. The fraction of sp³-hybridized carbons (Fsp3) is 0.417. The van der Waals surface area contributed by atoms with Crippen LogP contribution in [0.25, 0.3) is 0 Å². The van der Waals surface area contributed by atoms with Gasteiger partial charge in [-0.15, -0.1) is 0 Å². The Morgan fingerprint density at radius 2 is 2.19 bits per heavy atom. The van der Waals surface area contributed by atoms with Gasteiger partial charge in [-0.3, -0.25) is 0 Å². The number of hydrogen-bond donors (Lipinski definition) is 1.